The van der Waals surface area contributed by atoms with Gasteiger partial charge in [0.15, 0.2) is 0 Å². The lowest BCUT2D eigenvalue weighted by Crippen LogP contribution is -2.44. The van der Waals surface area contributed by atoms with Gasteiger partial charge in [0, 0.05) is 6.07 Å². The van der Waals surface area contributed by atoms with Crippen LogP contribution in [0.4, 0.5) is 4.79 Å². The number of ether oxygens (including phenoxy) is 1. The largest absolute Gasteiger partial charge is 0.417 e. The van der Waals surface area contributed by atoms with Gasteiger partial charge in [0.05, 0.1) is 20.8 Å². The van der Waals surface area contributed by atoms with E-state index >= 15 is 0 Å². The third kappa shape index (κ3) is 5.76. The monoisotopic (exact) mass is 381 g/mol. The van der Waals surface area contributed by atoms with Crippen LogP contribution in [-0.2, 0) is 0 Å². The van der Waals surface area contributed by atoms with Gasteiger partial charge in [0.1, 0.15) is 5.75 Å². The van der Waals surface area contributed by atoms with Crippen molar-refractivity contribution >= 4 is 54.6 Å². The minimum atomic E-state index is -0.486. The van der Waals surface area contributed by atoms with Crippen LogP contribution in [0.15, 0.2) is 18.2 Å². The Balaban J connectivity index is 2.88. The first-order chi connectivity index (χ1) is 10.4. The van der Waals surface area contributed by atoms with Gasteiger partial charge in [-0.05, 0) is 25.0 Å². The number of thiol groups is 2. The summed E-state index contributed by atoms with van der Waals surface area (Å²) in [7, 11) is 0. The van der Waals surface area contributed by atoms with Crippen molar-refractivity contribution in [2.45, 2.75) is 50.3 Å². The summed E-state index contributed by atoms with van der Waals surface area (Å²) in [4.78, 5) is 14.0. The van der Waals surface area contributed by atoms with Gasteiger partial charge in [-0.25, -0.2) is 4.79 Å². The molecule has 3 nitrogen and oxygen atoms in total. The molecule has 1 aromatic rings. The second-order valence-electron chi connectivity index (χ2n) is 4.89. The molecule has 0 heterocycles. The first-order valence-corrected chi connectivity index (χ1v) is 9.00. The minimum absolute atomic E-state index is 0.241. The summed E-state index contributed by atoms with van der Waals surface area (Å²) in [6.07, 6.45) is 2.87. The molecule has 0 aliphatic heterocycles. The van der Waals surface area contributed by atoms with Crippen LogP contribution >= 0.6 is 48.5 Å². The van der Waals surface area contributed by atoms with E-state index in [1.807, 2.05) is 13.8 Å². The first kappa shape index (κ1) is 19.8. The van der Waals surface area contributed by atoms with Gasteiger partial charge in [-0.1, -0.05) is 49.9 Å². The maximum absolute atomic E-state index is 12.5. The highest BCUT2D eigenvalue weighted by Gasteiger charge is 2.27. The van der Waals surface area contributed by atoms with Crippen LogP contribution in [0.1, 0.15) is 39.5 Å². The number of halogens is 2. The molecule has 0 N–H and O–H groups in total. The quantitative estimate of drug-likeness (QED) is 0.454. The zero-order valence-corrected chi connectivity index (χ0v) is 15.9. The van der Waals surface area contributed by atoms with Crippen LogP contribution < -0.4 is 4.74 Å². The SMILES string of the molecule is CCCC(S)N(C(=O)Oc1ccc(Cl)c(Cl)c1)C(S)CCC. The zero-order valence-electron chi connectivity index (χ0n) is 12.6. The Labute approximate surface area is 153 Å². The zero-order chi connectivity index (χ0) is 16.7. The summed E-state index contributed by atoms with van der Waals surface area (Å²) < 4.78 is 5.39. The molecule has 1 amide bonds. The van der Waals surface area contributed by atoms with E-state index in [0.717, 1.165) is 25.7 Å². The average molecular weight is 382 g/mol. The smallest absolute Gasteiger partial charge is 0.410 e. The summed E-state index contributed by atoms with van der Waals surface area (Å²) >= 11 is 20.8. The lowest BCUT2D eigenvalue weighted by Gasteiger charge is -2.32. The molecule has 124 valence electrons. The Morgan fingerprint density at radius 1 is 1.14 bits per heavy atom. The summed E-state index contributed by atoms with van der Waals surface area (Å²) in [6.45, 7) is 4.08. The number of carbonyl (C=O) groups is 1. The molecule has 0 radical (unpaired) electrons. The molecular weight excluding hydrogens is 361 g/mol. The highest BCUT2D eigenvalue weighted by molar-refractivity contribution is 7.81. The Bertz CT molecular complexity index is 490. The highest BCUT2D eigenvalue weighted by atomic mass is 35.5. The molecule has 0 fully saturated rings. The Kier molecular flexibility index (Phi) is 8.83. The molecule has 1 aromatic carbocycles. The van der Waals surface area contributed by atoms with Crippen molar-refractivity contribution in [3.8, 4) is 5.75 Å². The van der Waals surface area contributed by atoms with Crippen LogP contribution in [-0.4, -0.2) is 21.7 Å². The lowest BCUT2D eigenvalue weighted by molar-refractivity contribution is 0.139. The third-order valence-corrected chi connectivity index (χ3v) is 4.80. The number of hydrogen-bond donors (Lipinski definition) is 2. The summed E-state index contributed by atoms with van der Waals surface area (Å²) in [6, 6.07) is 4.71. The van der Waals surface area contributed by atoms with Gasteiger partial charge in [0.25, 0.3) is 0 Å². The number of benzene rings is 1. The molecule has 0 aliphatic carbocycles. The second kappa shape index (κ2) is 9.81. The van der Waals surface area contributed by atoms with Crippen molar-refractivity contribution in [3.05, 3.63) is 28.2 Å². The maximum atomic E-state index is 12.5. The van der Waals surface area contributed by atoms with Crippen LogP contribution in [0.5, 0.6) is 5.75 Å². The number of rotatable bonds is 7. The van der Waals surface area contributed by atoms with Gasteiger partial charge in [-0.15, -0.1) is 0 Å². The first-order valence-electron chi connectivity index (χ1n) is 7.22. The molecule has 22 heavy (non-hydrogen) atoms. The normalized spacial score (nSPS) is 13.5. The summed E-state index contributed by atoms with van der Waals surface area (Å²) in [5.74, 6) is 0.346. The predicted molar refractivity (Wildman–Crippen MR) is 99.7 cm³/mol. The van der Waals surface area contributed by atoms with E-state index in [1.54, 1.807) is 17.0 Å². The van der Waals surface area contributed by atoms with Crippen LogP contribution in [0.25, 0.3) is 0 Å². The van der Waals surface area contributed by atoms with Gasteiger partial charge < -0.3 is 4.74 Å². The van der Waals surface area contributed by atoms with E-state index in [-0.39, 0.29) is 10.7 Å². The number of amides is 1. The predicted octanol–water partition coefficient (Wildman–Crippen LogP) is 5.91. The Hall–Kier alpha value is -0.230. The third-order valence-electron chi connectivity index (χ3n) is 3.04. The minimum Gasteiger partial charge on any atom is -0.410 e. The van der Waals surface area contributed by atoms with Crippen molar-refractivity contribution in [1.29, 1.82) is 0 Å². The molecular formula is C15H21Cl2NO2S2. The standard InChI is InChI=1S/C15H21Cl2NO2S2/c1-3-5-13(21)18(14(22)6-4-2)15(19)20-10-7-8-11(16)12(17)9-10/h7-9,13-14,21-22H,3-6H2,1-2H3. The van der Waals surface area contributed by atoms with Crippen molar-refractivity contribution in [1.82, 2.24) is 4.90 Å². The maximum Gasteiger partial charge on any atom is 0.417 e. The van der Waals surface area contributed by atoms with Gasteiger partial charge >= 0.3 is 6.09 Å². The van der Waals surface area contributed by atoms with Crippen molar-refractivity contribution in [2.24, 2.45) is 0 Å². The molecule has 2 atom stereocenters. The van der Waals surface area contributed by atoms with E-state index in [0.29, 0.717) is 15.8 Å². The van der Waals surface area contributed by atoms with E-state index < -0.39 is 6.09 Å². The number of carbonyl (C=O) groups excluding carboxylic acids is 1. The van der Waals surface area contributed by atoms with E-state index in [2.05, 4.69) is 25.3 Å². The fourth-order valence-corrected chi connectivity index (χ4v) is 3.35. The molecule has 0 saturated carbocycles. The molecule has 2 unspecified atom stereocenters. The van der Waals surface area contributed by atoms with Gasteiger partial charge in [-0.3, -0.25) is 4.90 Å². The molecule has 0 aromatic heterocycles. The molecule has 1 rings (SSSR count). The molecule has 0 saturated heterocycles. The Morgan fingerprint density at radius 3 is 2.14 bits per heavy atom. The van der Waals surface area contributed by atoms with Crippen molar-refractivity contribution < 1.29 is 9.53 Å². The fraction of sp³-hybridized carbons (Fsp3) is 0.533. The van der Waals surface area contributed by atoms with Crippen LogP contribution in [0.2, 0.25) is 10.0 Å². The van der Waals surface area contributed by atoms with Gasteiger partial charge in [-0.2, -0.15) is 25.3 Å². The van der Waals surface area contributed by atoms with E-state index in [1.165, 1.54) is 6.07 Å². The summed E-state index contributed by atoms with van der Waals surface area (Å²) in [5.41, 5.74) is 0. The average Bonchev–Trinajstić information content (AvgIpc) is 2.43. The number of nitrogens with zero attached hydrogens (tertiary/aromatic N) is 1. The molecule has 7 heteroatoms. The molecule has 0 spiro atoms. The van der Waals surface area contributed by atoms with Gasteiger partial charge in [0.2, 0.25) is 0 Å². The second-order valence-corrected chi connectivity index (χ2v) is 6.90. The molecule has 0 aliphatic rings. The van der Waals surface area contributed by atoms with Crippen LogP contribution in [0, 0.1) is 0 Å². The number of hydrogen-bond acceptors (Lipinski definition) is 4. The summed E-state index contributed by atoms with van der Waals surface area (Å²) in [5, 5.41) is 0.267. The highest BCUT2D eigenvalue weighted by Crippen LogP contribution is 2.28. The van der Waals surface area contributed by atoms with Crippen molar-refractivity contribution in [3.63, 3.8) is 0 Å². The van der Waals surface area contributed by atoms with Crippen LogP contribution in [0.3, 0.4) is 0 Å². The van der Waals surface area contributed by atoms with E-state index in [4.69, 9.17) is 27.9 Å². The van der Waals surface area contributed by atoms with E-state index in [9.17, 15) is 4.79 Å². The molecule has 0 bridgehead atoms. The lowest BCUT2D eigenvalue weighted by atomic mass is 10.2. The fourth-order valence-electron chi connectivity index (χ4n) is 1.93. The topological polar surface area (TPSA) is 29.5 Å². The Morgan fingerprint density at radius 2 is 1.68 bits per heavy atom. The van der Waals surface area contributed by atoms with Crippen molar-refractivity contribution in [2.75, 3.05) is 0 Å².